The molecule has 8 nitrogen and oxygen atoms in total. The summed E-state index contributed by atoms with van der Waals surface area (Å²) in [5, 5.41) is 7.45. The number of nitrogens with zero attached hydrogens (tertiary/aromatic N) is 4. The van der Waals surface area contributed by atoms with Crippen LogP contribution in [-0.2, 0) is 13.0 Å². The summed E-state index contributed by atoms with van der Waals surface area (Å²) >= 11 is 0. The van der Waals surface area contributed by atoms with Crippen LogP contribution in [0.15, 0.2) is 23.4 Å². The Bertz CT molecular complexity index is 827. The Kier molecular flexibility index (Phi) is 4.25. The van der Waals surface area contributed by atoms with E-state index >= 15 is 0 Å². The van der Waals surface area contributed by atoms with Crippen molar-refractivity contribution < 1.29 is 4.79 Å². The Balaban J connectivity index is 1.46. The van der Waals surface area contributed by atoms with Crippen LogP contribution in [0.5, 0.6) is 0 Å². The number of nitrogens with one attached hydrogen (secondary N) is 2. The van der Waals surface area contributed by atoms with Crippen LogP contribution in [0, 0.1) is 0 Å². The number of H-pyrrole nitrogens is 1. The van der Waals surface area contributed by atoms with Gasteiger partial charge < -0.3 is 15.2 Å². The van der Waals surface area contributed by atoms with Crippen LogP contribution >= 0.6 is 0 Å². The lowest BCUT2D eigenvalue weighted by Crippen LogP contribution is -2.49. The molecule has 4 rings (SSSR count). The molecule has 8 heteroatoms. The first-order valence-corrected chi connectivity index (χ1v) is 8.86. The lowest BCUT2D eigenvalue weighted by Gasteiger charge is -2.33. The molecule has 2 aliphatic rings. The van der Waals surface area contributed by atoms with E-state index in [0.29, 0.717) is 17.9 Å². The van der Waals surface area contributed by atoms with Crippen molar-refractivity contribution in [3.8, 4) is 0 Å². The molecule has 0 radical (unpaired) electrons. The van der Waals surface area contributed by atoms with E-state index in [2.05, 4.69) is 20.4 Å². The number of amides is 1. The van der Waals surface area contributed by atoms with Crippen molar-refractivity contribution in [3.05, 3.63) is 40.2 Å². The van der Waals surface area contributed by atoms with Gasteiger partial charge in [0.15, 0.2) is 5.82 Å². The molecule has 1 amide bonds. The van der Waals surface area contributed by atoms with Gasteiger partial charge in [0.25, 0.3) is 11.5 Å². The number of fused-ring (bicyclic) bond motifs is 1. The van der Waals surface area contributed by atoms with Crippen molar-refractivity contribution in [3.63, 3.8) is 0 Å². The summed E-state index contributed by atoms with van der Waals surface area (Å²) in [4.78, 5) is 33.4. The zero-order valence-corrected chi connectivity index (χ0v) is 14.1. The normalized spacial score (nSPS) is 20.2. The number of carbonyl (C=O) groups is 1. The van der Waals surface area contributed by atoms with Gasteiger partial charge in [-0.05, 0) is 32.1 Å². The van der Waals surface area contributed by atoms with Gasteiger partial charge in [0.05, 0.1) is 17.5 Å². The van der Waals surface area contributed by atoms with Gasteiger partial charge in [-0.3, -0.25) is 14.3 Å². The molecule has 2 aromatic rings. The maximum Gasteiger partial charge on any atom is 0.290 e. The molecule has 1 fully saturated rings. The second-order valence-electron chi connectivity index (χ2n) is 6.69. The smallest absolute Gasteiger partial charge is 0.290 e. The second-order valence-corrected chi connectivity index (χ2v) is 6.69. The molecule has 0 aromatic carbocycles. The third-order valence-corrected chi connectivity index (χ3v) is 4.97. The largest absolute Gasteiger partial charge is 0.350 e. The predicted octanol–water partition coefficient (Wildman–Crippen LogP) is 0.701. The molecule has 2 aliphatic heterocycles. The number of aromatic amines is 1. The van der Waals surface area contributed by atoms with Crippen LogP contribution in [0.4, 0.5) is 5.82 Å². The highest BCUT2D eigenvalue weighted by Gasteiger charge is 2.26. The molecular weight excluding hydrogens is 320 g/mol. The molecule has 132 valence electrons. The Labute approximate surface area is 145 Å². The average Bonchev–Trinajstić information content (AvgIpc) is 3.06. The van der Waals surface area contributed by atoms with E-state index in [1.54, 1.807) is 12.4 Å². The number of rotatable bonds is 3. The van der Waals surface area contributed by atoms with Gasteiger partial charge in [-0.1, -0.05) is 0 Å². The highest BCUT2D eigenvalue weighted by atomic mass is 16.2. The molecule has 1 atom stereocenters. The Morgan fingerprint density at radius 3 is 3.08 bits per heavy atom. The molecule has 1 unspecified atom stereocenters. The predicted molar refractivity (Wildman–Crippen MR) is 92.7 cm³/mol. The van der Waals surface area contributed by atoms with E-state index in [1.807, 2.05) is 9.58 Å². The van der Waals surface area contributed by atoms with E-state index in [-0.39, 0.29) is 17.5 Å². The van der Waals surface area contributed by atoms with Gasteiger partial charge >= 0.3 is 0 Å². The molecule has 4 heterocycles. The minimum atomic E-state index is -0.194. The molecule has 0 bridgehead atoms. The van der Waals surface area contributed by atoms with Crippen LogP contribution in [0.2, 0.25) is 0 Å². The fourth-order valence-electron chi connectivity index (χ4n) is 3.73. The quantitative estimate of drug-likeness (QED) is 0.856. The molecule has 0 spiro atoms. The lowest BCUT2D eigenvalue weighted by atomic mass is 10.0. The number of carbonyl (C=O) groups excluding carboxylic acids is 1. The van der Waals surface area contributed by atoms with Gasteiger partial charge in [-0.2, -0.15) is 5.10 Å². The Morgan fingerprint density at radius 1 is 1.28 bits per heavy atom. The molecule has 0 aliphatic carbocycles. The van der Waals surface area contributed by atoms with Gasteiger partial charge in [-0.25, -0.2) is 4.98 Å². The highest BCUT2D eigenvalue weighted by molar-refractivity contribution is 5.95. The maximum absolute atomic E-state index is 12.7. The van der Waals surface area contributed by atoms with Crippen LogP contribution in [-0.4, -0.2) is 44.8 Å². The Morgan fingerprint density at radius 2 is 2.20 bits per heavy atom. The first-order chi connectivity index (χ1) is 12.2. The lowest BCUT2D eigenvalue weighted by molar-refractivity contribution is 0.0931. The van der Waals surface area contributed by atoms with E-state index in [1.165, 1.54) is 6.20 Å². The van der Waals surface area contributed by atoms with Crippen LogP contribution < -0.4 is 15.8 Å². The minimum absolute atomic E-state index is 0.00166. The summed E-state index contributed by atoms with van der Waals surface area (Å²) in [6.07, 6.45) is 9.72. The highest BCUT2D eigenvalue weighted by Crippen LogP contribution is 2.19. The summed E-state index contributed by atoms with van der Waals surface area (Å²) in [5.41, 5.74) is 1.53. The van der Waals surface area contributed by atoms with Gasteiger partial charge in [0.1, 0.15) is 0 Å². The van der Waals surface area contributed by atoms with E-state index in [4.69, 9.17) is 0 Å². The van der Waals surface area contributed by atoms with Crippen molar-refractivity contribution in [1.29, 1.82) is 0 Å². The zero-order chi connectivity index (χ0) is 17.2. The topological polar surface area (TPSA) is 95.9 Å². The number of aromatic nitrogens is 4. The van der Waals surface area contributed by atoms with Crippen LogP contribution in [0.3, 0.4) is 0 Å². The molecule has 2 aromatic heterocycles. The maximum atomic E-state index is 12.7. The van der Waals surface area contributed by atoms with Crippen molar-refractivity contribution in [1.82, 2.24) is 25.1 Å². The SMILES string of the molecule is O=C(NC1CCCN(c2ncc[nH]c2=O)C1)c1cnn2c1CCCC2. The van der Waals surface area contributed by atoms with Crippen molar-refractivity contribution in [2.75, 3.05) is 18.0 Å². The minimum Gasteiger partial charge on any atom is -0.350 e. The molecule has 0 saturated carbocycles. The summed E-state index contributed by atoms with van der Waals surface area (Å²) in [5.74, 6) is 0.356. The van der Waals surface area contributed by atoms with Crippen molar-refractivity contribution in [2.24, 2.45) is 0 Å². The van der Waals surface area contributed by atoms with Crippen LogP contribution in [0.1, 0.15) is 41.7 Å². The zero-order valence-electron chi connectivity index (χ0n) is 14.1. The summed E-state index contributed by atoms with van der Waals surface area (Å²) < 4.78 is 1.94. The number of piperidine rings is 1. The van der Waals surface area contributed by atoms with Gasteiger partial charge in [0, 0.05) is 38.1 Å². The summed E-state index contributed by atoms with van der Waals surface area (Å²) in [6.45, 7) is 2.26. The third kappa shape index (κ3) is 3.16. The number of aryl methyl sites for hydroxylation is 1. The molecular formula is C17H22N6O2. The Hall–Kier alpha value is -2.64. The van der Waals surface area contributed by atoms with Crippen molar-refractivity contribution >= 4 is 11.7 Å². The number of anilines is 1. The standard InChI is InChI=1S/C17H22N6O2/c24-16(13-10-20-23-9-2-1-5-14(13)23)21-12-4-3-8-22(11-12)15-17(25)19-7-6-18-15/h6-7,10,12H,1-5,8-9,11H2,(H,19,25)(H,21,24). The molecule has 1 saturated heterocycles. The first-order valence-electron chi connectivity index (χ1n) is 8.86. The first kappa shape index (κ1) is 15.9. The van der Waals surface area contributed by atoms with Gasteiger partial charge in [0.2, 0.25) is 0 Å². The van der Waals surface area contributed by atoms with Crippen molar-refractivity contribution in [2.45, 2.75) is 44.7 Å². The fourth-order valence-corrected chi connectivity index (χ4v) is 3.73. The van der Waals surface area contributed by atoms with E-state index < -0.39 is 0 Å². The summed E-state index contributed by atoms with van der Waals surface area (Å²) in [6, 6.07) is 0.00166. The number of hydrogen-bond acceptors (Lipinski definition) is 5. The average molecular weight is 342 g/mol. The van der Waals surface area contributed by atoms with Crippen LogP contribution in [0.25, 0.3) is 0 Å². The van der Waals surface area contributed by atoms with Gasteiger partial charge in [-0.15, -0.1) is 0 Å². The van der Waals surface area contributed by atoms with E-state index in [9.17, 15) is 9.59 Å². The molecule has 25 heavy (non-hydrogen) atoms. The third-order valence-electron chi connectivity index (χ3n) is 4.97. The monoisotopic (exact) mass is 342 g/mol. The van der Waals surface area contributed by atoms with E-state index in [0.717, 1.165) is 50.9 Å². The summed E-state index contributed by atoms with van der Waals surface area (Å²) in [7, 11) is 0. The molecule has 2 N–H and O–H groups in total. The second kappa shape index (κ2) is 6.70. The fraction of sp³-hybridized carbons (Fsp3) is 0.529. The number of hydrogen-bond donors (Lipinski definition) is 2.